The number of anilines is 1. The number of carbonyl (C=O) groups is 2. The van der Waals surface area contributed by atoms with Gasteiger partial charge in [0.25, 0.3) is 11.8 Å². The van der Waals surface area contributed by atoms with E-state index in [9.17, 15) is 9.59 Å². The van der Waals surface area contributed by atoms with E-state index in [2.05, 4.69) is 0 Å². The Bertz CT molecular complexity index is 1130. The molecular formula is C25H20ClNO3S. The van der Waals surface area contributed by atoms with Gasteiger partial charge in [-0.1, -0.05) is 60.6 Å². The summed E-state index contributed by atoms with van der Waals surface area (Å²) in [6, 6.07) is 23.5. The van der Waals surface area contributed by atoms with Crippen molar-refractivity contribution in [3.05, 3.63) is 94.4 Å². The highest BCUT2D eigenvalue weighted by molar-refractivity contribution is 8.04. The molecule has 31 heavy (non-hydrogen) atoms. The first-order valence-corrected chi connectivity index (χ1v) is 11.1. The standard InChI is InChI=1S/C25H20ClNO3S/c1-2-16-30-20-14-8-17(9-15-20)22-23(31-21-6-4-3-5-7-21)25(29)27(24(22)28)19-12-10-18(26)11-13-19/h3-15H,2,16H2,1H3. The van der Waals surface area contributed by atoms with E-state index in [1.807, 2.05) is 61.5 Å². The van der Waals surface area contributed by atoms with Crippen LogP contribution in [0.1, 0.15) is 18.9 Å². The molecule has 3 aromatic carbocycles. The summed E-state index contributed by atoms with van der Waals surface area (Å²) in [6.45, 7) is 2.67. The quantitative estimate of drug-likeness (QED) is 0.402. The lowest BCUT2D eigenvalue weighted by atomic mass is 10.1. The second-order valence-corrected chi connectivity index (χ2v) is 8.43. The average Bonchev–Trinajstić information content (AvgIpc) is 3.03. The van der Waals surface area contributed by atoms with E-state index in [0.717, 1.165) is 17.1 Å². The Morgan fingerprint density at radius 1 is 0.871 bits per heavy atom. The topological polar surface area (TPSA) is 46.6 Å². The third kappa shape index (κ3) is 4.53. The predicted octanol–water partition coefficient (Wildman–Crippen LogP) is 6.21. The van der Waals surface area contributed by atoms with E-state index in [1.165, 1.54) is 16.7 Å². The molecule has 3 aromatic rings. The number of nitrogens with zero attached hydrogens (tertiary/aromatic N) is 1. The van der Waals surface area contributed by atoms with Crippen LogP contribution in [0.25, 0.3) is 5.57 Å². The van der Waals surface area contributed by atoms with Gasteiger partial charge in [-0.05, 0) is 60.5 Å². The van der Waals surface area contributed by atoms with Crippen molar-refractivity contribution >= 4 is 46.4 Å². The Labute approximate surface area is 190 Å². The minimum atomic E-state index is -0.354. The molecule has 0 fully saturated rings. The maximum absolute atomic E-state index is 13.4. The molecule has 0 aromatic heterocycles. The number of imide groups is 1. The number of carbonyl (C=O) groups excluding carboxylic acids is 2. The van der Waals surface area contributed by atoms with Gasteiger partial charge in [-0.25, -0.2) is 4.90 Å². The van der Waals surface area contributed by atoms with Crippen LogP contribution >= 0.6 is 23.4 Å². The zero-order valence-corrected chi connectivity index (χ0v) is 18.5. The summed E-state index contributed by atoms with van der Waals surface area (Å²) in [5, 5.41) is 0.539. The summed E-state index contributed by atoms with van der Waals surface area (Å²) in [4.78, 5) is 29.3. The van der Waals surface area contributed by atoms with Crippen molar-refractivity contribution in [1.29, 1.82) is 0 Å². The van der Waals surface area contributed by atoms with Crippen molar-refractivity contribution in [2.75, 3.05) is 11.5 Å². The largest absolute Gasteiger partial charge is 0.494 e. The van der Waals surface area contributed by atoms with Gasteiger partial charge in [0.2, 0.25) is 0 Å². The van der Waals surface area contributed by atoms with E-state index in [0.29, 0.717) is 33.4 Å². The molecule has 0 bridgehead atoms. The zero-order chi connectivity index (χ0) is 21.8. The second-order valence-electron chi connectivity index (χ2n) is 6.91. The molecule has 2 amide bonds. The Morgan fingerprint density at radius 2 is 1.55 bits per heavy atom. The molecule has 0 atom stereocenters. The molecule has 4 nitrogen and oxygen atoms in total. The van der Waals surface area contributed by atoms with E-state index < -0.39 is 0 Å². The van der Waals surface area contributed by atoms with Gasteiger partial charge in [0.05, 0.1) is 22.8 Å². The summed E-state index contributed by atoms with van der Waals surface area (Å²) < 4.78 is 5.65. The maximum atomic E-state index is 13.4. The van der Waals surface area contributed by atoms with E-state index in [4.69, 9.17) is 16.3 Å². The highest BCUT2D eigenvalue weighted by Crippen LogP contribution is 2.41. The maximum Gasteiger partial charge on any atom is 0.272 e. The van der Waals surface area contributed by atoms with Crippen LogP contribution in [0.4, 0.5) is 5.69 Å². The molecule has 0 saturated heterocycles. The number of amides is 2. The number of benzene rings is 3. The van der Waals surface area contributed by atoms with Crippen molar-refractivity contribution in [1.82, 2.24) is 0 Å². The minimum Gasteiger partial charge on any atom is -0.494 e. The highest BCUT2D eigenvalue weighted by Gasteiger charge is 2.40. The van der Waals surface area contributed by atoms with Gasteiger partial charge >= 0.3 is 0 Å². The first kappa shape index (κ1) is 21.2. The van der Waals surface area contributed by atoms with Crippen LogP contribution in [0, 0.1) is 0 Å². The van der Waals surface area contributed by atoms with Crippen molar-refractivity contribution in [3.63, 3.8) is 0 Å². The van der Waals surface area contributed by atoms with Crippen LogP contribution in [-0.4, -0.2) is 18.4 Å². The molecule has 1 heterocycles. The number of thioether (sulfide) groups is 1. The van der Waals surface area contributed by atoms with Crippen LogP contribution in [0.5, 0.6) is 5.75 Å². The van der Waals surface area contributed by atoms with Gasteiger partial charge in [0.1, 0.15) is 5.75 Å². The van der Waals surface area contributed by atoms with Crippen molar-refractivity contribution in [2.24, 2.45) is 0 Å². The van der Waals surface area contributed by atoms with Gasteiger partial charge in [-0.15, -0.1) is 0 Å². The Balaban J connectivity index is 1.75. The fourth-order valence-electron chi connectivity index (χ4n) is 3.23. The summed E-state index contributed by atoms with van der Waals surface area (Å²) in [5.74, 6) is 0.0326. The smallest absolute Gasteiger partial charge is 0.272 e. The molecule has 0 spiro atoms. The van der Waals surface area contributed by atoms with E-state index in [-0.39, 0.29) is 11.8 Å². The van der Waals surface area contributed by atoms with E-state index >= 15 is 0 Å². The lowest BCUT2D eigenvalue weighted by molar-refractivity contribution is -0.119. The molecule has 156 valence electrons. The predicted molar refractivity (Wildman–Crippen MR) is 125 cm³/mol. The van der Waals surface area contributed by atoms with Gasteiger partial charge in [0, 0.05) is 9.92 Å². The summed E-state index contributed by atoms with van der Waals surface area (Å²) >= 11 is 7.28. The molecule has 0 N–H and O–H groups in total. The molecule has 0 unspecified atom stereocenters. The summed E-state index contributed by atoms with van der Waals surface area (Å²) in [5.41, 5.74) is 1.55. The van der Waals surface area contributed by atoms with Crippen LogP contribution < -0.4 is 9.64 Å². The third-order valence-electron chi connectivity index (χ3n) is 4.71. The van der Waals surface area contributed by atoms with Crippen molar-refractivity contribution < 1.29 is 14.3 Å². The number of ether oxygens (including phenoxy) is 1. The summed E-state index contributed by atoms with van der Waals surface area (Å²) in [6.07, 6.45) is 0.911. The molecule has 0 aliphatic carbocycles. The third-order valence-corrected chi connectivity index (χ3v) is 6.05. The number of hydrogen-bond donors (Lipinski definition) is 0. The zero-order valence-electron chi connectivity index (χ0n) is 16.9. The van der Waals surface area contributed by atoms with Crippen molar-refractivity contribution in [3.8, 4) is 5.75 Å². The van der Waals surface area contributed by atoms with Gasteiger partial charge in [0.15, 0.2) is 0 Å². The fraction of sp³-hybridized carbons (Fsp3) is 0.120. The number of halogens is 1. The fourth-order valence-corrected chi connectivity index (χ4v) is 4.37. The molecule has 4 rings (SSSR count). The molecular weight excluding hydrogens is 430 g/mol. The van der Waals surface area contributed by atoms with Gasteiger partial charge in [-0.3, -0.25) is 9.59 Å². The van der Waals surface area contributed by atoms with Crippen molar-refractivity contribution in [2.45, 2.75) is 18.2 Å². The lowest BCUT2D eigenvalue weighted by Crippen LogP contribution is -2.31. The molecule has 6 heteroatoms. The SMILES string of the molecule is CCCOc1ccc(C2=C(Sc3ccccc3)C(=O)N(c3ccc(Cl)cc3)C2=O)cc1. The second kappa shape index (κ2) is 9.41. The van der Waals surface area contributed by atoms with Gasteiger partial charge in [-0.2, -0.15) is 0 Å². The monoisotopic (exact) mass is 449 g/mol. The Hall–Kier alpha value is -3.02. The van der Waals surface area contributed by atoms with Gasteiger partial charge < -0.3 is 4.74 Å². The molecule has 0 radical (unpaired) electrons. The Morgan fingerprint density at radius 3 is 2.19 bits per heavy atom. The van der Waals surface area contributed by atoms with E-state index in [1.54, 1.807) is 24.3 Å². The van der Waals surface area contributed by atoms with Crippen LogP contribution in [0.3, 0.4) is 0 Å². The first-order valence-electron chi connectivity index (χ1n) is 9.93. The first-order chi connectivity index (χ1) is 15.1. The van der Waals surface area contributed by atoms with Crippen LogP contribution in [0.2, 0.25) is 5.02 Å². The summed E-state index contributed by atoms with van der Waals surface area (Å²) in [7, 11) is 0. The molecule has 0 saturated carbocycles. The highest BCUT2D eigenvalue weighted by atomic mass is 35.5. The van der Waals surface area contributed by atoms with Crippen LogP contribution in [-0.2, 0) is 9.59 Å². The molecule has 1 aliphatic rings. The lowest BCUT2D eigenvalue weighted by Gasteiger charge is -2.15. The average molecular weight is 450 g/mol. The van der Waals surface area contributed by atoms with Crippen LogP contribution in [0.15, 0.2) is 88.7 Å². The normalized spacial score (nSPS) is 13.8. The minimum absolute atomic E-state index is 0.345. The number of rotatable bonds is 7. The Kier molecular flexibility index (Phi) is 6.44. The number of hydrogen-bond acceptors (Lipinski definition) is 4. The molecule has 1 aliphatic heterocycles.